The Balaban J connectivity index is 1.96. The molecule has 3 atom stereocenters. The van der Waals surface area contributed by atoms with E-state index in [1.807, 2.05) is 20.8 Å². The predicted molar refractivity (Wildman–Crippen MR) is 80.8 cm³/mol. The first-order chi connectivity index (χ1) is 10.0. The number of carbonyl (C=O) groups excluding carboxylic acids is 2. The van der Waals surface area contributed by atoms with Crippen LogP contribution in [0.4, 0.5) is 0 Å². The molecule has 2 aliphatic heterocycles. The monoisotopic (exact) mass is 296 g/mol. The first-order valence-electron chi connectivity index (χ1n) is 8.27. The maximum absolute atomic E-state index is 12.5. The van der Waals surface area contributed by atoms with Gasteiger partial charge >= 0.3 is 0 Å². The smallest absolute Gasteiger partial charge is 0.245 e. The summed E-state index contributed by atoms with van der Waals surface area (Å²) in [6, 6.07) is -0.681. The number of hydrogen-bond donors (Lipinski definition) is 1. The quantitative estimate of drug-likeness (QED) is 0.812. The zero-order valence-electron chi connectivity index (χ0n) is 13.4. The lowest BCUT2D eigenvalue weighted by Crippen LogP contribution is -2.64. The fourth-order valence-electron chi connectivity index (χ4n) is 3.35. The molecule has 3 unspecified atom stereocenters. The lowest BCUT2D eigenvalue weighted by Gasteiger charge is -2.40. The maximum atomic E-state index is 12.5. The summed E-state index contributed by atoms with van der Waals surface area (Å²) >= 11 is 0. The van der Waals surface area contributed by atoms with Crippen LogP contribution in [-0.2, 0) is 14.3 Å². The van der Waals surface area contributed by atoms with Crippen molar-refractivity contribution in [3.63, 3.8) is 0 Å². The lowest BCUT2D eigenvalue weighted by molar-refractivity contribution is -0.151. The van der Waals surface area contributed by atoms with E-state index < -0.39 is 0 Å². The van der Waals surface area contributed by atoms with Gasteiger partial charge in [0, 0.05) is 13.2 Å². The molecule has 0 radical (unpaired) electrons. The second-order valence-corrected chi connectivity index (χ2v) is 6.47. The van der Waals surface area contributed by atoms with E-state index in [0.717, 1.165) is 32.3 Å². The van der Waals surface area contributed by atoms with Gasteiger partial charge in [-0.15, -0.1) is 0 Å². The predicted octanol–water partition coefficient (Wildman–Crippen LogP) is 1.71. The highest BCUT2D eigenvalue weighted by Crippen LogP contribution is 2.21. The number of rotatable bonds is 6. The molecular formula is C16H28N2O3. The van der Waals surface area contributed by atoms with Gasteiger partial charge in [0.25, 0.3) is 0 Å². The van der Waals surface area contributed by atoms with Crippen molar-refractivity contribution in [3.05, 3.63) is 0 Å². The number of ether oxygens (including phenoxy) is 1. The van der Waals surface area contributed by atoms with Crippen molar-refractivity contribution >= 4 is 11.8 Å². The number of piperazine rings is 1. The topological polar surface area (TPSA) is 58.6 Å². The molecule has 0 spiro atoms. The second kappa shape index (κ2) is 7.25. The molecule has 2 rings (SSSR count). The van der Waals surface area contributed by atoms with Crippen molar-refractivity contribution in [1.29, 1.82) is 0 Å². The van der Waals surface area contributed by atoms with Gasteiger partial charge in [0.1, 0.15) is 12.1 Å². The third-order valence-electron chi connectivity index (χ3n) is 4.49. The molecule has 5 nitrogen and oxygen atoms in total. The summed E-state index contributed by atoms with van der Waals surface area (Å²) in [7, 11) is 0. The number of nitrogens with one attached hydrogen (secondary N) is 1. The first-order valence-corrected chi connectivity index (χ1v) is 8.27. The Kier molecular flexibility index (Phi) is 5.62. The van der Waals surface area contributed by atoms with Gasteiger partial charge in [-0.25, -0.2) is 0 Å². The van der Waals surface area contributed by atoms with Crippen LogP contribution >= 0.6 is 0 Å². The highest BCUT2D eigenvalue weighted by atomic mass is 16.5. The van der Waals surface area contributed by atoms with Gasteiger partial charge in [-0.1, -0.05) is 20.8 Å². The highest BCUT2D eigenvalue weighted by molar-refractivity contribution is 5.97. The van der Waals surface area contributed by atoms with Gasteiger partial charge in [0.2, 0.25) is 11.8 Å². The van der Waals surface area contributed by atoms with E-state index in [4.69, 9.17) is 4.74 Å². The molecule has 0 bridgehead atoms. The Morgan fingerprint density at radius 2 is 2.14 bits per heavy atom. The third kappa shape index (κ3) is 3.76. The molecule has 2 amide bonds. The van der Waals surface area contributed by atoms with Crippen molar-refractivity contribution in [2.45, 2.75) is 71.1 Å². The van der Waals surface area contributed by atoms with Gasteiger partial charge in [0.05, 0.1) is 6.10 Å². The van der Waals surface area contributed by atoms with Crippen molar-refractivity contribution < 1.29 is 14.3 Å². The molecule has 0 aromatic rings. The summed E-state index contributed by atoms with van der Waals surface area (Å²) in [6.07, 6.45) is 5.15. The SMILES string of the molecule is CCC1NC(=O)C(C(C)C)N(CCCC2CCCO2)C1=O. The van der Waals surface area contributed by atoms with Crippen LogP contribution in [0.1, 0.15) is 52.9 Å². The largest absolute Gasteiger partial charge is 0.378 e. The zero-order valence-corrected chi connectivity index (χ0v) is 13.4. The third-order valence-corrected chi connectivity index (χ3v) is 4.49. The summed E-state index contributed by atoms with van der Waals surface area (Å²) in [5.74, 6) is 0.200. The van der Waals surface area contributed by atoms with Crippen LogP contribution in [0.5, 0.6) is 0 Å². The molecule has 2 saturated heterocycles. The minimum Gasteiger partial charge on any atom is -0.378 e. The van der Waals surface area contributed by atoms with Gasteiger partial charge in [0.15, 0.2) is 0 Å². The van der Waals surface area contributed by atoms with Crippen molar-refractivity contribution in [2.75, 3.05) is 13.2 Å². The van der Waals surface area contributed by atoms with Gasteiger partial charge < -0.3 is 15.0 Å². The first kappa shape index (κ1) is 16.3. The van der Waals surface area contributed by atoms with Crippen LogP contribution < -0.4 is 5.32 Å². The Morgan fingerprint density at radius 3 is 2.71 bits per heavy atom. The van der Waals surface area contributed by atoms with E-state index in [1.54, 1.807) is 4.90 Å². The molecular weight excluding hydrogens is 268 g/mol. The van der Waals surface area contributed by atoms with Crippen molar-refractivity contribution in [2.24, 2.45) is 5.92 Å². The Morgan fingerprint density at radius 1 is 1.38 bits per heavy atom. The van der Waals surface area contributed by atoms with Crippen LogP contribution in [0.25, 0.3) is 0 Å². The normalized spacial score (nSPS) is 30.1. The Hall–Kier alpha value is -1.10. The Bertz CT molecular complexity index is 378. The Labute approximate surface area is 127 Å². The van der Waals surface area contributed by atoms with Crippen LogP contribution in [0.3, 0.4) is 0 Å². The number of nitrogens with zero attached hydrogens (tertiary/aromatic N) is 1. The highest BCUT2D eigenvalue weighted by Gasteiger charge is 2.40. The molecule has 0 aromatic carbocycles. The van der Waals surface area contributed by atoms with E-state index in [1.165, 1.54) is 0 Å². The van der Waals surface area contributed by atoms with Gasteiger partial charge in [-0.2, -0.15) is 0 Å². The maximum Gasteiger partial charge on any atom is 0.245 e. The van der Waals surface area contributed by atoms with E-state index in [0.29, 0.717) is 19.1 Å². The van der Waals surface area contributed by atoms with Crippen LogP contribution in [0, 0.1) is 5.92 Å². The van der Waals surface area contributed by atoms with E-state index in [2.05, 4.69) is 5.32 Å². The van der Waals surface area contributed by atoms with Crippen LogP contribution in [-0.4, -0.2) is 48.1 Å². The fourth-order valence-corrected chi connectivity index (χ4v) is 3.35. The lowest BCUT2D eigenvalue weighted by atomic mass is 9.95. The van der Waals surface area contributed by atoms with Crippen LogP contribution in [0.2, 0.25) is 0 Å². The van der Waals surface area contributed by atoms with Gasteiger partial charge in [-0.05, 0) is 38.0 Å². The average molecular weight is 296 g/mol. The molecule has 0 aliphatic carbocycles. The minimum atomic E-state index is -0.352. The number of carbonyl (C=O) groups is 2. The zero-order chi connectivity index (χ0) is 15.4. The molecule has 0 aromatic heterocycles. The molecule has 5 heteroatoms. The van der Waals surface area contributed by atoms with Crippen molar-refractivity contribution in [3.8, 4) is 0 Å². The summed E-state index contributed by atoms with van der Waals surface area (Å²) in [6.45, 7) is 7.45. The summed E-state index contributed by atoms with van der Waals surface area (Å²) in [5, 5.41) is 2.85. The van der Waals surface area contributed by atoms with Crippen LogP contribution in [0.15, 0.2) is 0 Å². The number of amides is 2. The second-order valence-electron chi connectivity index (χ2n) is 6.47. The molecule has 2 aliphatic rings. The summed E-state index contributed by atoms with van der Waals surface area (Å²) in [5.41, 5.74) is 0. The summed E-state index contributed by atoms with van der Waals surface area (Å²) in [4.78, 5) is 26.6. The average Bonchev–Trinajstić information content (AvgIpc) is 2.94. The van der Waals surface area contributed by atoms with Gasteiger partial charge in [-0.3, -0.25) is 9.59 Å². The van der Waals surface area contributed by atoms with E-state index in [9.17, 15) is 9.59 Å². The summed E-state index contributed by atoms with van der Waals surface area (Å²) < 4.78 is 5.62. The number of hydrogen-bond acceptors (Lipinski definition) is 3. The molecule has 1 N–H and O–H groups in total. The molecule has 0 saturated carbocycles. The van der Waals surface area contributed by atoms with E-state index >= 15 is 0 Å². The van der Waals surface area contributed by atoms with Crippen molar-refractivity contribution in [1.82, 2.24) is 10.2 Å². The van der Waals surface area contributed by atoms with E-state index in [-0.39, 0.29) is 29.8 Å². The molecule has 21 heavy (non-hydrogen) atoms. The fraction of sp³-hybridized carbons (Fsp3) is 0.875. The minimum absolute atomic E-state index is 0.00596. The molecule has 120 valence electrons. The molecule has 2 fully saturated rings. The molecule has 2 heterocycles. The standard InChI is InChI=1S/C16H28N2O3/c1-4-13-16(20)18(14(11(2)3)15(19)17-13)9-5-7-12-8-6-10-21-12/h11-14H,4-10H2,1-3H3,(H,17,19).